The van der Waals surface area contributed by atoms with E-state index in [1.807, 2.05) is 0 Å². The van der Waals surface area contributed by atoms with Crippen molar-refractivity contribution >= 4 is 18.6 Å². The summed E-state index contributed by atoms with van der Waals surface area (Å²) in [5.41, 5.74) is -0.521. The van der Waals surface area contributed by atoms with E-state index in [9.17, 15) is 13.6 Å². The van der Waals surface area contributed by atoms with Crippen LogP contribution in [0.5, 0.6) is 0 Å². The highest BCUT2D eigenvalue weighted by molar-refractivity contribution is 7.80. The Morgan fingerprint density at radius 2 is 2.22 bits per heavy atom. The quantitative estimate of drug-likeness (QED) is 0.676. The number of benzene rings is 1. The first-order valence-corrected chi connectivity index (χ1v) is 5.64. The van der Waals surface area contributed by atoms with Crippen molar-refractivity contribution < 1.29 is 18.3 Å². The summed E-state index contributed by atoms with van der Waals surface area (Å²) in [6.45, 7) is 1.80. The summed E-state index contributed by atoms with van der Waals surface area (Å²) in [5.74, 6) is -0.609. The van der Waals surface area contributed by atoms with Gasteiger partial charge in [-0.25, -0.2) is 8.78 Å². The van der Waals surface area contributed by atoms with Gasteiger partial charge in [0.15, 0.2) is 0 Å². The van der Waals surface area contributed by atoms with E-state index in [-0.39, 0.29) is 24.2 Å². The zero-order valence-corrected chi connectivity index (χ0v) is 10.5. The molecule has 96 valence electrons. The predicted molar refractivity (Wildman–Crippen MR) is 63.7 cm³/mol. The van der Waals surface area contributed by atoms with E-state index in [2.05, 4.69) is 12.6 Å². The first-order chi connectivity index (χ1) is 8.49. The normalized spacial score (nSPS) is 10.2. The second kappa shape index (κ2) is 6.36. The van der Waals surface area contributed by atoms with Crippen molar-refractivity contribution in [2.45, 2.75) is 24.7 Å². The summed E-state index contributed by atoms with van der Waals surface area (Å²) >= 11 is 4.02. The maximum Gasteiger partial charge on any atom is 0.310 e. The topological polar surface area (TPSA) is 50.1 Å². The van der Waals surface area contributed by atoms with E-state index in [1.165, 1.54) is 12.1 Å². The summed E-state index contributed by atoms with van der Waals surface area (Å²) in [4.78, 5) is 11.7. The monoisotopic (exact) mass is 271 g/mol. The summed E-state index contributed by atoms with van der Waals surface area (Å²) in [6.07, 6.45) is -3.12. The molecule has 3 nitrogen and oxygen atoms in total. The summed E-state index contributed by atoms with van der Waals surface area (Å²) < 4.78 is 30.5. The molecule has 0 fully saturated rings. The second-order valence-electron chi connectivity index (χ2n) is 3.46. The molecule has 0 radical (unpaired) electrons. The van der Waals surface area contributed by atoms with E-state index in [1.54, 1.807) is 13.0 Å². The van der Waals surface area contributed by atoms with Gasteiger partial charge in [0.2, 0.25) is 0 Å². The molecule has 6 heteroatoms. The number of carbonyl (C=O) groups excluding carboxylic acids is 1. The Balaban J connectivity index is 3.20. The van der Waals surface area contributed by atoms with Crippen molar-refractivity contribution in [2.75, 3.05) is 6.61 Å². The van der Waals surface area contributed by atoms with Gasteiger partial charge in [-0.3, -0.25) is 4.79 Å². The Bertz CT molecular complexity index is 498. The van der Waals surface area contributed by atoms with Gasteiger partial charge in [0.25, 0.3) is 6.43 Å². The largest absolute Gasteiger partial charge is 0.466 e. The van der Waals surface area contributed by atoms with Crippen LogP contribution in [0.1, 0.15) is 30.0 Å². The highest BCUT2D eigenvalue weighted by atomic mass is 32.1. The number of carbonyl (C=O) groups is 1. The molecule has 1 aromatic rings. The lowest BCUT2D eigenvalue weighted by atomic mass is 9.99. The zero-order valence-electron chi connectivity index (χ0n) is 9.61. The molecule has 0 bridgehead atoms. The first kappa shape index (κ1) is 14.5. The highest BCUT2D eigenvalue weighted by Gasteiger charge is 2.20. The van der Waals surface area contributed by atoms with E-state index >= 15 is 0 Å². The number of alkyl halides is 2. The minimum absolute atomic E-state index is 0.0764. The van der Waals surface area contributed by atoms with Crippen LogP contribution in [0.3, 0.4) is 0 Å². The fraction of sp³-hybridized carbons (Fsp3) is 0.333. The van der Waals surface area contributed by atoms with Gasteiger partial charge >= 0.3 is 5.97 Å². The molecule has 0 saturated carbocycles. The third-order valence-corrected chi connectivity index (χ3v) is 2.49. The molecule has 0 aliphatic carbocycles. The van der Waals surface area contributed by atoms with Gasteiger partial charge in [-0.15, -0.1) is 12.6 Å². The smallest absolute Gasteiger partial charge is 0.310 e. The number of nitriles is 1. The molecule has 0 N–H and O–H groups in total. The third kappa shape index (κ3) is 3.44. The van der Waals surface area contributed by atoms with Gasteiger partial charge in [-0.1, -0.05) is 0 Å². The van der Waals surface area contributed by atoms with Crippen LogP contribution >= 0.6 is 12.6 Å². The van der Waals surface area contributed by atoms with Crippen LogP contribution in [0.4, 0.5) is 8.78 Å². The summed E-state index contributed by atoms with van der Waals surface area (Å²) in [6, 6.07) is 4.28. The molecule has 0 atom stereocenters. The lowest BCUT2D eigenvalue weighted by molar-refractivity contribution is -0.142. The van der Waals surface area contributed by atoms with Crippen molar-refractivity contribution in [3.8, 4) is 6.07 Å². The molecule has 0 unspecified atom stereocenters. The number of thiol groups is 1. The van der Waals surface area contributed by atoms with Crippen molar-refractivity contribution in [1.82, 2.24) is 0 Å². The molecule has 1 rings (SSSR count). The molecule has 0 aromatic heterocycles. The van der Waals surface area contributed by atoms with Crippen LogP contribution in [0.15, 0.2) is 17.0 Å². The zero-order chi connectivity index (χ0) is 13.7. The fourth-order valence-corrected chi connectivity index (χ4v) is 1.85. The Morgan fingerprint density at radius 1 is 1.56 bits per heavy atom. The molecule has 0 saturated heterocycles. The van der Waals surface area contributed by atoms with Crippen molar-refractivity contribution in [3.05, 3.63) is 28.8 Å². The highest BCUT2D eigenvalue weighted by Crippen LogP contribution is 2.29. The van der Waals surface area contributed by atoms with Gasteiger partial charge in [-0.05, 0) is 24.6 Å². The van der Waals surface area contributed by atoms with Crippen LogP contribution < -0.4 is 0 Å². The third-order valence-electron chi connectivity index (χ3n) is 2.23. The van der Waals surface area contributed by atoms with Crippen molar-refractivity contribution in [2.24, 2.45) is 0 Å². The maximum absolute atomic E-state index is 12.9. The molecule has 0 heterocycles. The molecule has 1 aromatic carbocycles. The number of hydrogen-bond acceptors (Lipinski definition) is 4. The van der Waals surface area contributed by atoms with Gasteiger partial charge in [0.1, 0.15) is 0 Å². The SMILES string of the molecule is CCOC(=O)Cc1cc(S)cc(C#N)c1C(F)F. The molecule has 0 aliphatic rings. The van der Waals surface area contributed by atoms with Gasteiger partial charge in [0, 0.05) is 10.5 Å². The number of nitrogens with zero attached hydrogens (tertiary/aromatic N) is 1. The first-order valence-electron chi connectivity index (χ1n) is 5.19. The van der Waals surface area contributed by atoms with Crippen molar-refractivity contribution in [1.29, 1.82) is 5.26 Å². The molecule has 18 heavy (non-hydrogen) atoms. The lowest BCUT2D eigenvalue weighted by Crippen LogP contribution is -2.10. The molecular weight excluding hydrogens is 260 g/mol. The molecule has 0 aliphatic heterocycles. The average molecular weight is 271 g/mol. The summed E-state index contributed by atoms with van der Waals surface area (Å²) in [7, 11) is 0. The molecule has 0 spiro atoms. The maximum atomic E-state index is 12.9. The Kier molecular flexibility index (Phi) is 5.10. The summed E-state index contributed by atoms with van der Waals surface area (Å²) in [5, 5.41) is 8.82. The standard InChI is InChI=1S/C12H11F2NO2S/c1-2-17-10(16)5-7-3-9(18)4-8(6-15)11(7)12(13)14/h3-4,12,18H,2,5H2,1H3. The average Bonchev–Trinajstić information content (AvgIpc) is 2.27. The van der Waals surface area contributed by atoms with Crippen LogP contribution in [-0.4, -0.2) is 12.6 Å². The second-order valence-corrected chi connectivity index (χ2v) is 3.98. The van der Waals surface area contributed by atoms with Crippen LogP contribution in [-0.2, 0) is 16.0 Å². The van der Waals surface area contributed by atoms with Crippen LogP contribution in [0.2, 0.25) is 0 Å². The Hall–Kier alpha value is -1.61. The van der Waals surface area contributed by atoms with Gasteiger partial charge in [0.05, 0.1) is 24.7 Å². The van der Waals surface area contributed by atoms with E-state index in [4.69, 9.17) is 10.00 Å². The number of esters is 1. The minimum atomic E-state index is -2.82. The number of rotatable bonds is 4. The Labute approximate surface area is 109 Å². The van der Waals surface area contributed by atoms with Crippen LogP contribution in [0, 0.1) is 11.3 Å². The van der Waals surface area contributed by atoms with Gasteiger partial charge in [-0.2, -0.15) is 5.26 Å². The fourth-order valence-electron chi connectivity index (χ4n) is 1.56. The number of hydrogen-bond donors (Lipinski definition) is 1. The number of ether oxygens (including phenoxy) is 1. The van der Waals surface area contributed by atoms with E-state index < -0.39 is 18.0 Å². The minimum Gasteiger partial charge on any atom is -0.466 e. The molecular formula is C12H11F2NO2S. The van der Waals surface area contributed by atoms with Gasteiger partial charge < -0.3 is 4.74 Å². The van der Waals surface area contributed by atoms with E-state index in [0.717, 1.165) is 0 Å². The lowest BCUT2D eigenvalue weighted by Gasteiger charge is -2.11. The number of halogens is 2. The molecule has 0 amide bonds. The Morgan fingerprint density at radius 3 is 2.72 bits per heavy atom. The van der Waals surface area contributed by atoms with E-state index in [0.29, 0.717) is 4.90 Å². The predicted octanol–water partition coefficient (Wildman–Crippen LogP) is 2.89. The van der Waals surface area contributed by atoms with Crippen LogP contribution in [0.25, 0.3) is 0 Å². The van der Waals surface area contributed by atoms with Crippen molar-refractivity contribution in [3.63, 3.8) is 0 Å².